The van der Waals surface area contributed by atoms with Crippen molar-refractivity contribution in [1.82, 2.24) is 19.6 Å². The molecule has 6 nitrogen and oxygen atoms in total. The molecular formula is C23H23FN6S. The van der Waals surface area contributed by atoms with Gasteiger partial charge in [-0.05, 0) is 37.7 Å². The Labute approximate surface area is 185 Å². The molecule has 2 aromatic carbocycles. The molecule has 0 saturated heterocycles. The van der Waals surface area contributed by atoms with Crippen molar-refractivity contribution >= 4 is 28.7 Å². The summed E-state index contributed by atoms with van der Waals surface area (Å²) >= 11 is 5.48. The van der Waals surface area contributed by atoms with E-state index in [4.69, 9.17) is 12.2 Å². The van der Waals surface area contributed by atoms with E-state index in [-0.39, 0.29) is 5.82 Å². The van der Waals surface area contributed by atoms with Gasteiger partial charge in [-0.1, -0.05) is 48.5 Å². The zero-order chi connectivity index (χ0) is 21.8. The molecular weight excluding hydrogens is 411 g/mol. The summed E-state index contributed by atoms with van der Waals surface area (Å²) in [5, 5.41) is 15.7. The molecule has 0 radical (unpaired) electrons. The molecule has 4 aromatic rings. The summed E-state index contributed by atoms with van der Waals surface area (Å²) in [5.74, 6) is -0.241. The van der Waals surface area contributed by atoms with Crippen LogP contribution < -0.4 is 10.6 Å². The third-order valence-corrected chi connectivity index (χ3v) is 5.18. The van der Waals surface area contributed by atoms with E-state index in [0.29, 0.717) is 23.8 Å². The topological polar surface area (TPSA) is 59.7 Å². The average Bonchev–Trinajstić information content (AvgIpc) is 3.29. The SMILES string of the molecule is Cc1nn(Cc2ccccc2F)c(C)c1NC(=S)Nc1cnn(Cc2ccccc2)c1. The number of halogens is 1. The fourth-order valence-corrected chi connectivity index (χ4v) is 3.60. The second-order valence-electron chi connectivity index (χ2n) is 7.29. The minimum Gasteiger partial charge on any atom is -0.330 e. The fraction of sp³-hybridized carbons (Fsp3) is 0.174. The molecule has 158 valence electrons. The third kappa shape index (κ3) is 4.97. The van der Waals surface area contributed by atoms with Crippen LogP contribution in [0.15, 0.2) is 67.0 Å². The molecule has 0 bridgehead atoms. The molecule has 0 aliphatic rings. The van der Waals surface area contributed by atoms with E-state index < -0.39 is 0 Å². The van der Waals surface area contributed by atoms with Crippen LogP contribution in [0, 0.1) is 19.7 Å². The molecule has 0 spiro atoms. The Morgan fingerprint density at radius 1 is 1.00 bits per heavy atom. The van der Waals surface area contributed by atoms with Gasteiger partial charge in [0, 0.05) is 11.8 Å². The molecule has 0 aliphatic carbocycles. The van der Waals surface area contributed by atoms with Crippen LogP contribution >= 0.6 is 12.2 Å². The van der Waals surface area contributed by atoms with Gasteiger partial charge >= 0.3 is 0 Å². The monoisotopic (exact) mass is 434 g/mol. The molecule has 31 heavy (non-hydrogen) atoms. The van der Waals surface area contributed by atoms with Crippen LogP contribution in [0.5, 0.6) is 0 Å². The predicted molar refractivity (Wildman–Crippen MR) is 125 cm³/mol. The first-order chi connectivity index (χ1) is 15.0. The van der Waals surface area contributed by atoms with E-state index in [1.54, 1.807) is 23.0 Å². The maximum Gasteiger partial charge on any atom is 0.175 e. The second-order valence-corrected chi connectivity index (χ2v) is 7.69. The van der Waals surface area contributed by atoms with Gasteiger partial charge in [0.25, 0.3) is 0 Å². The largest absolute Gasteiger partial charge is 0.330 e. The van der Waals surface area contributed by atoms with Crippen LogP contribution in [-0.4, -0.2) is 24.7 Å². The number of nitrogens with one attached hydrogen (secondary N) is 2. The first kappa shape index (κ1) is 20.7. The van der Waals surface area contributed by atoms with Gasteiger partial charge in [-0.3, -0.25) is 9.36 Å². The van der Waals surface area contributed by atoms with Crippen LogP contribution in [0.3, 0.4) is 0 Å². The highest BCUT2D eigenvalue weighted by atomic mass is 32.1. The third-order valence-electron chi connectivity index (χ3n) is 4.98. The van der Waals surface area contributed by atoms with Gasteiger partial charge in [-0.15, -0.1) is 0 Å². The molecule has 2 aromatic heterocycles. The minimum atomic E-state index is -0.241. The van der Waals surface area contributed by atoms with E-state index in [9.17, 15) is 4.39 Å². The summed E-state index contributed by atoms with van der Waals surface area (Å²) in [7, 11) is 0. The molecule has 0 fully saturated rings. The van der Waals surface area contributed by atoms with Crippen LogP contribution in [0.25, 0.3) is 0 Å². The van der Waals surface area contributed by atoms with Crippen molar-refractivity contribution in [2.45, 2.75) is 26.9 Å². The maximum atomic E-state index is 14.0. The highest BCUT2D eigenvalue weighted by Crippen LogP contribution is 2.21. The van der Waals surface area contributed by atoms with Crippen molar-refractivity contribution < 1.29 is 4.39 Å². The lowest BCUT2D eigenvalue weighted by atomic mass is 10.2. The van der Waals surface area contributed by atoms with E-state index in [2.05, 4.69) is 33.0 Å². The molecule has 2 heterocycles. The summed E-state index contributed by atoms with van der Waals surface area (Å²) in [6, 6.07) is 16.8. The van der Waals surface area contributed by atoms with Crippen LogP contribution in [-0.2, 0) is 13.1 Å². The van der Waals surface area contributed by atoms with Crippen LogP contribution in [0.4, 0.5) is 15.8 Å². The number of thiocarbonyl (C=S) groups is 1. The van der Waals surface area contributed by atoms with Crippen molar-refractivity contribution in [3.05, 3.63) is 95.3 Å². The summed E-state index contributed by atoms with van der Waals surface area (Å²) in [6.07, 6.45) is 3.64. The Hall–Kier alpha value is -3.52. The van der Waals surface area contributed by atoms with Gasteiger partial charge in [0.05, 0.1) is 42.0 Å². The lowest BCUT2D eigenvalue weighted by molar-refractivity contribution is 0.579. The van der Waals surface area contributed by atoms with Crippen LogP contribution in [0.2, 0.25) is 0 Å². The summed E-state index contributed by atoms with van der Waals surface area (Å²) < 4.78 is 17.6. The number of hydrogen-bond acceptors (Lipinski definition) is 3. The average molecular weight is 435 g/mol. The van der Waals surface area contributed by atoms with Gasteiger partial charge in [-0.2, -0.15) is 10.2 Å². The zero-order valence-corrected chi connectivity index (χ0v) is 18.2. The Kier molecular flexibility index (Phi) is 6.08. The molecule has 4 rings (SSSR count). The standard InChI is InChI=1S/C23H23FN6S/c1-16-22(17(2)30(28-16)14-19-10-6-7-11-21(19)24)27-23(31)26-20-12-25-29(15-20)13-18-8-4-3-5-9-18/h3-12,15H,13-14H2,1-2H3,(H2,26,27,31). The van der Waals surface area contributed by atoms with Crippen molar-refractivity contribution in [3.63, 3.8) is 0 Å². The highest BCUT2D eigenvalue weighted by molar-refractivity contribution is 7.80. The maximum absolute atomic E-state index is 14.0. The molecule has 0 unspecified atom stereocenters. The number of aromatic nitrogens is 4. The van der Waals surface area contributed by atoms with Gasteiger partial charge < -0.3 is 10.6 Å². The molecule has 2 N–H and O–H groups in total. The molecule has 0 atom stereocenters. The number of nitrogens with zero attached hydrogens (tertiary/aromatic N) is 4. The fourth-order valence-electron chi connectivity index (χ4n) is 3.38. The Balaban J connectivity index is 1.41. The van der Waals surface area contributed by atoms with E-state index >= 15 is 0 Å². The van der Waals surface area contributed by atoms with E-state index in [1.807, 2.05) is 49.0 Å². The Morgan fingerprint density at radius 3 is 2.52 bits per heavy atom. The Bertz CT molecular complexity index is 1200. The number of rotatable bonds is 6. The molecule has 8 heteroatoms. The lowest BCUT2D eigenvalue weighted by Crippen LogP contribution is -2.19. The molecule has 0 aliphatic heterocycles. The van der Waals surface area contributed by atoms with Crippen molar-refractivity contribution in [1.29, 1.82) is 0 Å². The number of anilines is 2. The lowest BCUT2D eigenvalue weighted by Gasteiger charge is -2.10. The normalized spacial score (nSPS) is 10.8. The summed E-state index contributed by atoms with van der Waals surface area (Å²) in [5.41, 5.74) is 5.04. The number of hydrogen-bond donors (Lipinski definition) is 2. The number of aryl methyl sites for hydroxylation is 1. The first-order valence-corrected chi connectivity index (χ1v) is 10.3. The van der Waals surface area contributed by atoms with Crippen molar-refractivity contribution in [3.8, 4) is 0 Å². The number of benzene rings is 2. The summed E-state index contributed by atoms with van der Waals surface area (Å²) in [6.45, 7) is 4.87. The molecule has 0 saturated carbocycles. The molecule has 0 amide bonds. The van der Waals surface area contributed by atoms with E-state index in [1.165, 1.54) is 11.6 Å². The summed E-state index contributed by atoms with van der Waals surface area (Å²) in [4.78, 5) is 0. The highest BCUT2D eigenvalue weighted by Gasteiger charge is 2.14. The zero-order valence-electron chi connectivity index (χ0n) is 17.3. The van der Waals surface area contributed by atoms with Gasteiger partial charge in [0.2, 0.25) is 0 Å². The van der Waals surface area contributed by atoms with Crippen LogP contribution in [0.1, 0.15) is 22.5 Å². The van der Waals surface area contributed by atoms with Gasteiger partial charge in [0.1, 0.15) is 5.82 Å². The minimum absolute atomic E-state index is 0.241. The first-order valence-electron chi connectivity index (χ1n) is 9.91. The van der Waals surface area contributed by atoms with E-state index in [0.717, 1.165) is 22.8 Å². The Morgan fingerprint density at radius 2 is 1.74 bits per heavy atom. The second kappa shape index (κ2) is 9.09. The van der Waals surface area contributed by atoms with Gasteiger partial charge in [-0.25, -0.2) is 4.39 Å². The predicted octanol–water partition coefficient (Wildman–Crippen LogP) is 4.74. The van der Waals surface area contributed by atoms with Gasteiger partial charge in [0.15, 0.2) is 5.11 Å². The quantitative estimate of drug-likeness (QED) is 0.429. The van der Waals surface area contributed by atoms with Crippen molar-refractivity contribution in [2.75, 3.05) is 10.6 Å². The van der Waals surface area contributed by atoms with Crippen molar-refractivity contribution in [2.24, 2.45) is 0 Å². The smallest absolute Gasteiger partial charge is 0.175 e.